The molecule has 5 heteroatoms. The first-order valence-corrected chi connectivity index (χ1v) is 7.59. The number of methoxy groups -OCH3 is 1. The first-order valence-electron chi connectivity index (χ1n) is 7.59. The van der Waals surface area contributed by atoms with Crippen LogP contribution in [-0.2, 0) is 14.3 Å². The van der Waals surface area contributed by atoms with Crippen LogP contribution in [0.2, 0.25) is 0 Å². The van der Waals surface area contributed by atoms with E-state index in [-0.39, 0.29) is 30.2 Å². The molecule has 0 spiro atoms. The molecule has 2 atom stereocenters. The van der Waals surface area contributed by atoms with Crippen LogP contribution in [0.1, 0.15) is 24.5 Å². The van der Waals surface area contributed by atoms with Gasteiger partial charge in [0.15, 0.2) is 0 Å². The molecule has 0 radical (unpaired) electrons. The van der Waals surface area contributed by atoms with Crippen molar-refractivity contribution in [3.63, 3.8) is 0 Å². The van der Waals surface area contributed by atoms with Gasteiger partial charge in [-0.05, 0) is 38.0 Å². The third-order valence-electron chi connectivity index (χ3n) is 4.33. The molecule has 5 nitrogen and oxygen atoms in total. The minimum absolute atomic E-state index is 0.00370. The summed E-state index contributed by atoms with van der Waals surface area (Å²) in [6.07, 6.45) is 0.269. The van der Waals surface area contributed by atoms with E-state index < -0.39 is 0 Å². The van der Waals surface area contributed by atoms with Crippen molar-refractivity contribution in [1.82, 2.24) is 4.90 Å². The normalized spacial score (nSPS) is 19.4. The molecule has 0 aliphatic carbocycles. The summed E-state index contributed by atoms with van der Waals surface area (Å²) in [4.78, 5) is 26.2. The number of ether oxygens (including phenoxy) is 1. The minimum Gasteiger partial charge on any atom is -0.383 e. The van der Waals surface area contributed by atoms with E-state index in [1.807, 2.05) is 39.0 Å². The SMILES string of the molecule is COC[C@H](C)N1C[C@H](C(=O)Nc2cccc(C)c2C)CC1=O. The molecule has 2 amide bonds. The van der Waals surface area contributed by atoms with Gasteiger partial charge in [-0.3, -0.25) is 9.59 Å². The molecule has 0 aromatic heterocycles. The van der Waals surface area contributed by atoms with Crippen LogP contribution in [0.5, 0.6) is 0 Å². The molecule has 1 saturated heterocycles. The zero-order chi connectivity index (χ0) is 16.3. The number of benzene rings is 1. The van der Waals surface area contributed by atoms with Gasteiger partial charge in [-0.2, -0.15) is 0 Å². The first-order chi connectivity index (χ1) is 10.4. The van der Waals surface area contributed by atoms with Gasteiger partial charge >= 0.3 is 0 Å². The summed E-state index contributed by atoms with van der Waals surface area (Å²) in [5.41, 5.74) is 3.02. The fourth-order valence-corrected chi connectivity index (χ4v) is 2.79. The molecular formula is C17H24N2O3. The highest BCUT2D eigenvalue weighted by Crippen LogP contribution is 2.24. The molecule has 1 N–H and O–H groups in total. The van der Waals surface area contributed by atoms with E-state index in [0.29, 0.717) is 13.2 Å². The molecule has 1 aliphatic rings. The van der Waals surface area contributed by atoms with Crippen LogP contribution in [0.4, 0.5) is 5.69 Å². The van der Waals surface area contributed by atoms with Gasteiger partial charge in [0.1, 0.15) is 0 Å². The lowest BCUT2D eigenvalue weighted by molar-refractivity contribution is -0.130. The number of hydrogen-bond donors (Lipinski definition) is 1. The number of hydrogen-bond acceptors (Lipinski definition) is 3. The van der Waals surface area contributed by atoms with E-state index in [4.69, 9.17) is 4.74 Å². The minimum atomic E-state index is -0.299. The third kappa shape index (κ3) is 3.47. The summed E-state index contributed by atoms with van der Waals surface area (Å²) in [6, 6.07) is 5.82. The zero-order valence-corrected chi connectivity index (χ0v) is 13.7. The second-order valence-corrected chi connectivity index (χ2v) is 5.99. The summed E-state index contributed by atoms with van der Waals surface area (Å²) in [6.45, 7) is 6.87. The Hall–Kier alpha value is -1.88. The Morgan fingerprint density at radius 3 is 2.86 bits per heavy atom. The Labute approximate surface area is 131 Å². The lowest BCUT2D eigenvalue weighted by Crippen LogP contribution is -2.38. The number of likely N-dealkylation sites (tertiary alicyclic amines) is 1. The Kier molecular flexibility index (Phi) is 5.19. The van der Waals surface area contributed by atoms with Gasteiger partial charge < -0.3 is 15.0 Å². The van der Waals surface area contributed by atoms with Crippen LogP contribution < -0.4 is 5.32 Å². The average molecular weight is 304 g/mol. The van der Waals surface area contributed by atoms with Crippen LogP contribution in [0.15, 0.2) is 18.2 Å². The van der Waals surface area contributed by atoms with Gasteiger partial charge in [0, 0.05) is 25.8 Å². The van der Waals surface area contributed by atoms with Crippen molar-refractivity contribution in [3.05, 3.63) is 29.3 Å². The van der Waals surface area contributed by atoms with Crippen molar-refractivity contribution in [2.45, 2.75) is 33.2 Å². The second kappa shape index (κ2) is 6.92. The maximum atomic E-state index is 12.4. The van der Waals surface area contributed by atoms with E-state index in [1.165, 1.54) is 0 Å². The Bertz CT molecular complexity index is 571. The fraction of sp³-hybridized carbons (Fsp3) is 0.529. The predicted octanol–water partition coefficient (Wildman–Crippen LogP) is 2.13. The lowest BCUT2D eigenvalue weighted by atomic mass is 10.1. The topological polar surface area (TPSA) is 58.6 Å². The van der Waals surface area contributed by atoms with E-state index in [1.54, 1.807) is 12.0 Å². The first kappa shape index (κ1) is 16.5. The van der Waals surface area contributed by atoms with Gasteiger partial charge in [-0.15, -0.1) is 0 Å². The van der Waals surface area contributed by atoms with Gasteiger partial charge in [-0.25, -0.2) is 0 Å². The maximum absolute atomic E-state index is 12.4. The fourth-order valence-electron chi connectivity index (χ4n) is 2.79. The Balaban J connectivity index is 2.02. The smallest absolute Gasteiger partial charge is 0.229 e. The maximum Gasteiger partial charge on any atom is 0.229 e. The quantitative estimate of drug-likeness (QED) is 0.906. The Morgan fingerprint density at radius 2 is 2.18 bits per heavy atom. The molecule has 1 aromatic carbocycles. The van der Waals surface area contributed by atoms with E-state index in [0.717, 1.165) is 16.8 Å². The van der Waals surface area contributed by atoms with Crippen molar-refractivity contribution in [3.8, 4) is 0 Å². The molecule has 1 heterocycles. The number of anilines is 1. The van der Waals surface area contributed by atoms with Crippen LogP contribution >= 0.6 is 0 Å². The van der Waals surface area contributed by atoms with E-state index in [9.17, 15) is 9.59 Å². The molecule has 0 saturated carbocycles. The predicted molar refractivity (Wildman–Crippen MR) is 85.7 cm³/mol. The molecular weight excluding hydrogens is 280 g/mol. The number of amides is 2. The number of nitrogens with one attached hydrogen (secondary N) is 1. The highest BCUT2D eigenvalue weighted by atomic mass is 16.5. The zero-order valence-electron chi connectivity index (χ0n) is 13.7. The highest BCUT2D eigenvalue weighted by Gasteiger charge is 2.36. The van der Waals surface area contributed by atoms with Gasteiger partial charge in [0.05, 0.1) is 18.6 Å². The van der Waals surface area contributed by atoms with Crippen LogP contribution in [0.3, 0.4) is 0 Å². The van der Waals surface area contributed by atoms with Gasteiger partial charge in [0.25, 0.3) is 0 Å². The van der Waals surface area contributed by atoms with Gasteiger partial charge in [-0.1, -0.05) is 12.1 Å². The van der Waals surface area contributed by atoms with Crippen molar-refractivity contribution in [2.24, 2.45) is 5.92 Å². The number of nitrogens with zero attached hydrogens (tertiary/aromatic N) is 1. The molecule has 120 valence electrons. The van der Waals surface area contributed by atoms with E-state index in [2.05, 4.69) is 5.32 Å². The molecule has 2 rings (SSSR count). The molecule has 0 bridgehead atoms. The number of rotatable bonds is 5. The van der Waals surface area contributed by atoms with Crippen LogP contribution in [-0.4, -0.2) is 43.0 Å². The molecule has 1 aromatic rings. The van der Waals surface area contributed by atoms with Gasteiger partial charge in [0.2, 0.25) is 11.8 Å². The summed E-state index contributed by atoms with van der Waals surface area (Å²) >= 11 is 0. The van der Waals surface area contributed by atoms with Crippen molar-refractivity contribution in [1.29, 1.82) is 0 Å². The number of carbonyl (C=O) groups is 2. The van der Waals surface area contributed by atoms with Crippen molar-refractivity contribution in [2.75, 3.05) is 25.6 Å². The molecule has 1 fully saturated rings. The standard InChI is InChI=1S/C17H24N2O3/c1-11-6-5-7-15(13(11)3)18-17(21)14-8-16(20)19(9-14)12(2)10-22-4/h5-7,12,14H,8-10H2,1-4H3,(H,18,21)/t12-,14+/m0/s1. The summed E-state index contributed by atoms with van der Waals surface area (Å²) in [7, 11) is 1.61. The molecule has 0 unspecified atom stereocenters. The number of carbonyl (C=O) groups excluding carboxylic acids is 2. The van der Waals surface area contributed by atoms with Crippen LogP contribution in [0.25, 0.3) is 0 Å². The lowest BCUT2D eigenvalue weighted by Gasteiger charge is -2.24. The third-order valence-corrected chi connectivity index (χ3v) is 4.33. The Morgan fingerprint density at radius 1 is 1.45 bits per heavy atom. The van der Waals surface area contributed by atoms with Crippen LogP contribution in [0, 0.1) is 19.8 Å². The monoisotopic (exact) mass is 304 g/mol. The summed E-state index contributed by atoms with van der Waals surface area (Å²) < 4.78 is 5.09. The summed E-state index contributed by atoms with van der Waals surface area (Å²) in [5, 5.41) is 2.96. The average Bonchev–Trinajstić information content (AvgIpc) is 2.86. The highest BCUT2D eigenvalue weighted by molar-refractivity contribution is 5.97. The summed E-state index contributed by atoms with van der Waals surface area (Å²) in [5.74, 6) is -0.369. The molecule has 1 aliphatic heterocycles. The van der Waals surface area contributed by atoms with E-state index >= 15 is 0 Å². The second-order valence-electron chi connectivity index (χ2n) is 5.99. The van der Waals surface area contributed by atoms with Crippen molar-refractivity contribution < 1.29 is 14.3 Å². The largest absolute Gasteiger partial charge is 0.383 e. The molecule has 22 heavy (non-hydrogen) atoms. The van der Waals surface area contributed by atoms with Crippen molar-refractivity contribution >= 4 is 17.5 Å². The number of aryl methyl sites for hydroxylation is 1.